The number of hydroxylamine groups is 1. The molecule has 0 unspecified atom stereocenters. The number of carbonyl (C=O) groups excluding carboxylic acids is 1. The molecule has 0 spiro atoms. The molecule has 0 aromatic heterocycles. The molecule has 0 aliphatic rings. The van der Waals surface area contributed by atoms with Crippen molar-refractivity contribution in [2.24, 2.45) is 0 Å². The molecule has 2 rings (SSSR count). The first-order valence-electron chi connectivity index (χ1n) is 8.90. The number of hydrogen-bond acceptors (Lipinski definition) is 5. The highest BCUT2D eigenvalue weighted by atomic mass is 16.6. The van der Waals surface area contributed by atoms with Crippen LogP contribution in [0, 0.1) is 0 Å². The van der Waals surface area contributed by atoms with Crippen LogP contribution < -0.4 is 5.48 Å². The number of nitrogens with zero attached hydrogens (tertiary/aromatic N) is 1. The summed E-state index contributed by atoms with van der Waals surface area (Å²) in [5.41, 5.74) is 5.20. The predicted molar refractivity (Wildman–Crippen MR) is 102 cm³/mol. The van der Waals surface area contributed by atoms with E-state index in [1.54, 1.807) is 0 Å². The zero-order valence-electron chi connectivity index (χ0n) is 15.6. The molecule has 140 valence electrons. The van der Waals surface area contributed by atoms with Gasteiger partial charge in [-0.1, -0.05) is 60.7 Å². The Balaban J connectivity index is 1.67. The summed E-state index contributed by atoms with van der Waals surface area (Å²) in [4.78, 5) is 19.7. The lowest BCUT2D eigenvalue weighted by Crippen LogP contribution is -2.39. The van der Waals surface area contributed by atoms with Crippen LogP contribution in [0.5, 0.6) is 0 Å². The third kappa shape index (κ3) is 7.35. The summed E-state index contributed by atoms with van der Waals surface area (Å²) in [6.45, 7) is 2.35. The maximum Gasteiger partial charge on any atom is 0.325 e. The van der Waals surface area contributed by atoms with Crippen molar-refractivity contribution < 1.29 is 14.4 Å². The predicted octanol–water partition coefficient (Wildman–Crippen LogP) is 2.81. The van der Waals surface area contributed by atoms with Crippen LogP contribution in [0.25, 0.3) is 0 Å². The van der Waals surface area contributed by atoms with Crippen molar-refractivity contribution in [2.75, 3.05) is 27.3 Å². The Morgan fingerprint density at radius 1 is 1.04 bits per heavy atom. The summed E-state index contributed by atoms with van der Waals surface area (Å²) < 4.78 is 4.86. The normalized spacial score (nSPS) is 12.1. The molecular formula is C21H28N2O3. The Hall–Kier alpha value is -2.21. The smallest absolute Gasteiger partial charge is 0.325 e. The maximum atomic E-state index is 11.9. The van der Waals surface area contributed by atoms with Gasteiger partial charge in [0.15, 0.2) is 0 Å². The van der Waals surface area contributed by atoms with E-state index >= 15 is 0 Å². The molecule has 0 amide bonds. The summed E-state index contributed by atoms with van der Waals surface area (Å²) in [5, 5.41) is 0. The zero-order chi connectivity index (χ0) is 18.6. The second-order valence-electron chi connectivity index (χ2n) is 6.31. The van der Waals surface area contributed by atoms with Gasteiger partial charge in [-0.25, -0.2) is 0 Å². The minimum atomic E-state index is -0.510. The maximum absolute atomic E-state index is 11.9. The molecule has 0 radical (unpaired) electrons. The highest BCUT2D eigenvalue weighted by Gasteiger charge is 2.19. The average Bonchev–Trinajstić information content (AvgIpc) is 2.67. The largest absolute Gasteiger partial charge is 0.468 e. The van der Waals surface area contributed by atoms with E-state index in [0.29, 0.717) is 13.0 Å². The van der Waals surface area contributed by atoms with Crippen LogP contribution in [0.1, 0.15) is 17.5 Å². The molecule has 1 N–H and O–H groups in total. The number of rotatable bonds is 11. The van der Waals surface area contributed by atoms with Gasteiger partial charge in [0.05, 0.1) is 13.7 Å². The molecule has 1 atom stereocenters. The van der Waals surface area contributed by atoms with Gasteiger partial charge in [0, 0.05) is 19.5 Å². The van der Waals surface area contributed by atoms with E-state index < -0.39 is 6.04 Å². The van der Waals surface area contributed by atoms with Crippen molar-refractivity contribution in [2.45, 2.75) is 25.4 Å². The lowest BCUT2D eigenvalue weighted by molar-refractivity contribution is -0.147. The molecule has 2 aromatic carbocycles. The van der Waals surface area contributed by atoms with Gasteiger partial charge >= 0.3 is 5.97 Å². The second kappa shape index (κ2) is 11.4. The highest BCUT2D eigenvalue weighted by molar-refractivity contribution is 5.75. The van der Waals surface area contributed by atoms with Gasteiger partial charge in [0.25, 0.3) is 0 Å². The Kier molecular flexibility index (Phi) is 8.83. The van der Waals surface area contributed by atoms with Gasteiger partial charge in [0.1, 0.15) is 6.04 Å². The lowest BCUT2D eigenvalue weighted by Gasteiger charge is -2.18. The van der Waals surface area contributed by atoms with Gasteiger partial charge in [-0.3, -0.25) is 4.79 Å². The monoisotopic (exact) mass is 356 g/mol. The Morgan fingerprint density at radius 2 is 1.65 bits per heavy atom. The second-order valence-corrected chi connectivity index (χ2v) is 6.31. The van der Waals surface area contributed by atoms with Crippen LogP contribution in [0.3, 0.4) is 0 Å². The molecule has 5 heteroatoms. The van der Waals surface area contributed by atoms with Crippen LogP contribution in [0.4, 0.5) is 0 Å². The molecule has 0 aliphatic heterocycles. The van der Waals surface area contributed by atoms with Crippen LogP contribution in [-0.4, -0.2) is 44.2 Å². The van der Waals surface area contributed by atoms with E-state index in [1.807, 2.05) is 36.4 Å². The van der Waals surface area contributed by atoms with Gasteiger partial charge in [-0.15, -0.1) is 0 Å². The fraction of sp³-hybridized carbons (Fsp3) is 0.381. The third-order valence-corrected chi connectivity index (χ3v) is 4.08. The molecule has 26 heavy (non-hydrogen) atoms. The van der Waals surface area contributed by atoms with E-state index in [9.17, 15) is 4.79 Å². The number of hydrogen-bond donors (Lipinski definition) is 1. The first-order chi connectivity index (χ1) is 12.7. The van der Waals surface area contributed by atoms with Crippen LogP contribution in [0.2, 0.25) is 0 Å². The first kappa shape index (κ1) is 20.1. The molecule has 0 saturated heterocycles. The average molecular weight is 356 g/mol. The Morgan fingerprint density at radius 3 is 2.27 bits per heavy atom. The topological polar surface area (TPSA) is 50.8 Å². The summed E-state index contributed by atoms with van der Waals surface area (Å²) in [7, 11) is 3.48. The molecular weight excluding hydrogens is 328 g/mol. The summed E-state index contributed by atoms with van der Waals surface area (Å²) in [6, 6.07) is 19.7. The molecule has 0 aliphatic carbocycles. The number of nitrogens with one attached hydrogen (secondary N) is 1. The SMILES string of the molecule is COC(=O)[C@H](Cc1ccccc1)NOCCCN(C)Cc1ccccc1. The van der Waals surface area contributed by atoms with Crippen molar-refractivity contribution in [3.05, 3.63) is 71.8 Å². The van der Waals surface area contributed by atoms with E-state index in [1.165, 1.54) is 12.7 Å². The minimum Gasteiger partial charge on any atom is -0.468 e. The number of esters is 1. The molecule has 0 heterocycles. The fourth-order valence-corrected chi connectivity index (χ4v) is 2.71. The molecule has 0 saturated carbocycles. The first-order valence-corrected chi connectivity index (χ1v) is 8.90. The van der Waals surface area contributed by atoms with E-state index in [2.05, 4.69) is 41.7 Å². The standard InChI is InChI=1S/C21H28N2O3/c1-23(17-19-12-7-4-8-13-19)14-9-15-26-22-20(21(24)25-2)16-18-10-5-3-6-11-18/h3-8,10-13,20,22H,9,14-17H2,1-2H3/t20-/m0/s1. The van der Waals surface area contributed by atoms with E-state index in [4.69, 9.17) is 9.57 Å². The molecule has 0 fully saturated rings. The van der Waals surface area contributed by atoms with Gasteiger partial charge in [0.2, 0.25) is 0 Å². The zero-order valence-corrected chi connectivity index (χ0v) is 15.6. The van der Waals surface area contributed by atoms with Crippen molar-refractivity contribution in [3.63, 3.8) is 0 Å². The number of methoxy groups -OCH3 is 1. The highest BCUT2D eigenvalue weighted by Crippen LogP contribution is 2.05. The van der Waals surface area contributed by atoms with E-state index in [0.717, 1.165) is 25.1 Å². The quantitative estimate of drug-likeness (QED) is 0.381. The number of ether oxygens (including phenoxy) is 1. The van der Waals surface area contributed by atoms with Gasteiger partial charge in [-0.2, -0.15) is 5.48 Å². The Bertz CT molecular complexity index is 634. The van der Waals surface area contributed by atoms with Crippen molar-refractivity contribution in [1.29, 1.82) is 0 Å². The van der Waals surface area contributed by atoms with Crippen molar-refractivity contribution in [3.8, 4) is 0 Å². The Labute approximate surface area is 155 Å². The summed E-state index contributed by atoms with van der Waals surface area (Å²) >= 11 is 0. The van der Waals surface area contributed by atoms with E-state index in [-0.39, 0.29) is 5.97 Å². The minimum absolute atomic E-state index is 0.324. The molecule has 2 aromatic rings. The number of carbonyl (C=O) groups is 1. The lowest BCUT2D eigenvalue weighted by atomic mass is 10.1. The number of benzene rings is 2. The van der Waals surface area contributed by atoms with Crippen molar-refractivity contribution >= 4 is 5.97 Å². The third-order valence-electron chi connectivity index (χ3n) is 4.08. The summed E-state index contributed by atoms with van der Waals surface area (Å²) in [6.07, 6.45) is 1.40. The van der Waals surface area contributed by atoms with Crippen molar-refractivity contribution in [1.82, 2.24) is 10.4 Å². The van der Waals surface area contributed by atoms with Crippen LogP contribution >= 0.6 is 0 Å². The molecule has 0 bridgehead atoms. The van der Waals surface area contributed by atoms with Crippen LogP contribution in [-0.2, 0) is 27.3 Å². The summed E-state index contributed by atoms with van der Waals surface area (Å²) in [5.74, 6) is -0.324. The van der Waals surface area contributed by atoms with Gasteiger partial charge < -0.3 is 14.5 Å². The fourth-order valence-electron chi connectivity index (χ4n) is 2.71. The van der Waals surface area contributed by atoms with Crippen LogP contribution in [0.15, 0.2) is 60.7 Å². The van der Waals surface area contributed by atoms with Gasteiger partial charge in [-0.05, 0) is 24.6 Å². The molecule has 5 nitrogen and oxygen atoms in total.